The van der Waals surface area contributed by atoms with Crippen molar-refractivity contribution >= 4 is 37.5 Å². The minimum Gasteiger partial charge on any atom is -0.258 e. The average Bonchev–Trinajstić information content (AvgIpc) is 2.03. The van der Waals surface area contributed by atoms with Crippen LogP contribution in [0, 0.1) is 10.1 Å². The number of nitrogens with zero attached hydrogens (tertiary/aromatic N) is 2. The number of alkyl halides is 1. The van der Waals surface area contributed by atoms with Gasteiger partial charge in [-0.25, -0.2) is 0 Å². The molecule has 0 aliphatic carbocycles. The van der Waals surface area contributed by atoms with Crippen molar-refractivity contribution in [2.45, 2.75) is 5.33 Å². The van der Waals surface area contributed by atoms with Gasteiger partial charge in [-0.3, -0.25) is 15.1 Å². The van der Waals surface area contributed by atoms with Crippen LogP contribution in [0.4, 0.5) is 5.69 Å². The lowest BCUT2D eigenvalue weighted by molar-refractivity contribution is -0.386. The molecule has 0 saturated carbocycles. The summed E-state index contributed by atoms with van der Waals surface area (Å²) in [6, 6.07) is 1.62. The van der Waals surface area contributed by atoms with Crippen LogP contribution in [0.2, 0.25) is 0 Å². The van der Waals surface area contributed by atoms with E-state index in [0.29, 0.717) is 9.80 Å². The first-order valence-corrected chi connectivity index (χ1v) is 4.91. The first-order valence-electron chi connectivity index (χ1n) is 3.00. The standard InChI is InChI=1S/C6H4Br2N2O2/c7-2-4-1-5(8)6(3-9-4)10(11)12/h1,3H,2H2. The maximum atomic E-state index is 10.3. The van der Waals surface area contributed by atoms with Gasteiger partial charge in [0.15, 0.2) is 0 Å². The van der Waals surface area contributed by atoms with Crippen LogP contribution in [0.1, 0.15) is 5.69 Å². The molecule has 6 heteroatoms. The van der Waals surface area contributed by atoms with Gasteiger partial charge in [-0.2, -0.15) is 0 Å². The molecule has 1 aromatic rings. The number of nitro groups is 1. The Morgan fingerprint density at radius 1 is 1.67 bits per heavy atom. The number of rotatable bonds is 2. The van der Waals surface area contributed by atoms with Crippen LogP contribution in [0.15, 0.2) is 16.7 Å². The zero-order valence-corrected chi connectivity index (χ0v) is 9.00. The van der Waals surface area contributed by atoms with Crippen molar-refractivity contribution in [1.29, 1.82) is 0 Å². The summed E-state index contributed by atoms with van der Waals surface area (Å²) in [6.45, 7) is 0. The predicted molar refractivity (Wildman–Crippen MR) is 51.2 cm³/mol. The summed E-state index contributed by atoms with van der Waals surface area (Å²) in [4.78, 5) is 13.7. The maximum absolute atomic E-state index is 10.3. The van der Waals surface area contributed by atoms with Gasteiger partial charge in [-0.15, -0.1) is 0 Å². The molecule has 0 fully saturated rings. The summed E-state index contributed by atoms with van der Waals surface area (Å²) in [5, 5.41) is 10.9. The number of hydrogen-bond donors (Lipinski definition) is 0. The molecule has 0 N–H and O–H groups in total. The van der Waals surface area contributed by atoms with E-state index in [2.05, 4.69) is 36.8 Å². The summed E-state index contributed by atoms with van der Waals surface area (Å²) in [5.41, 5.74) is 0.743. The fourth-order valence-corrected chi connectivity index (χ4v) is 1.49. The molecule has 1 rings (SSSR count). The van der Waals surface area contributed by atoms with E-state index in [4.69, 9.17) is 0 Å². The number of pyridine rings is 1. The van der Waals surface area contributed by atoms with Crippen LogP contribution >= 0.6 is 31.9 Å². The fourth-order valence-electron chi connectivity index (χ4n) is 0.671. The molecule has 1 heterocycles. The van der Waals surface area contributed by atoms with Crippen molar-refractivity contribution in [3.05, 3.63) is 32.5 Å². The van der Waals surface area contributed by atoms with Gasteiger partial charge in [0.2, 0.25) is 0 Å². The van der Waals surface area contributed by atoms with E-state index in [-0.39, 0.29) is 5.69 Å². The summed E-state index contributed by atoms with van der Waals surface area (Å²) >= 11 is 6.29. The molecule has 0 radical (unpaired) electrons. The summed E-state index contributed by atoms with van der Waals surface area (Å²) in [5.74, 6) is 0. The highest BCUT2D eigenvalue weighted by Crippen LogP contribution is 2.24. The molecule has 0 bridgehead atoms. The Morgan fingerprint density at radius 2 is 2.33 bits per heavy atom. The van der Waals surface area contributed by atoms with E-state index >= 15 is 0 Å². The molecule has 0 unspecified atom stereocenters. The van der Waals surface area contributed by atoms with E-state index in [0.717, 1.165) is 5.69 Å². The summed E-state index contributed by atoms with van der Waals surface area (Å²) in [6.07, 6.45) is 1.24. The van der Waals surface area contributed by atoms with E-state index in [9.17, 15) is 10.1 Å². The van der Waals surface area contributed by atoms with Gasteiger partial charge in [-0.05, 0) is 22.0 Å². The monoisotopic (exact) mass is 294 g/mol. The second-order valence-electron chi connectivity index (χ2n) is 2.02. The minimum absolute atomic E-state index is 0.0142. The highest BCUT2D eigenvalue weighted by molar-refractivity contribution is 9.10. The predicted octanol–water partition coefficient (Wildman–Crippen LogP) is 2.65. The van der Waals surface area contributed by atoms with Crippen LogP contribution in [-0.4, -0.2) is 9.91 Å². The van der Waals surface area contributed by atoms with E-state index in [1.165, 1.54) is 6.20 Å². The third kappa shape index (κ3) is 2.01. The molecule has 0 spiro atoms. The van der Waals surface area contributed by atoms with Crippen molar-refractivity contribution in [2.24, 2.45) is 0 Å². The molecule has 1 aromatic heterocycles. The molecule has 12 heavy (non-hydrogen) atoms. The SMILES string of the molecule is O=[N+]([O-])c1cnc(CBr)cc1Br. The zero-order valence-electron chi connectivity index (χ0n) is 5.83. The molecule has 4 nitrogen and oxygen atoms in total. The summed E-state index contributed by atoms with van der Waals surface area (Å²) in [7, 11) is 0. The zero-order chi connectivity index (χ0) is 9.14. The fraction of sp³-hybridized carbons (Fsp3) is 0.167. The Balaban J connectivity index is 3.12. The van der Waals surface area contributed by atoms with E-state index in [1.807, 2.05) is 0 Å². The van der Waals surface area contributed by atoms with Crippen LogP contribution < -0.4 is 0 Å². The first kappa shape index (κ1) is 9.60. The second kappa shape index (κ2) is 3.95. The molecule has 0 saturated heterocycles. The lowest BCUT2D eigenvalue weighted by Crippen LogP contribution is -1.92. The van der Waals surface area contributed by atoms with E-state index in [1.54, 1.807) is 6.07 Å². The van der Waals surface area contributed by atoms with Gasteiger partial charge in [0.25, 0.3) is 0 Å². The number of hydrogen-bond acceptors (Lipinski definition) is 3. The Hall–Kier alpha value is -0.490. The van der Waals surface area contributed by atoms with Gasteiger partial charge < -0.3 is 0 Å². The Bertz CT molecular complexity index is 316. The average molecular weight is 296 g/mol. The molecule has 0 atom stereocenters. The van der Waals surface area contributed by atoms with Crippen LogP contribution in [0.25, 0.3) is 0 Å². The molecular weight excluding hydrogens is 292 g/mol. The number of halogens is 2. The molecule has 64 valence electrons. The van der Waals surface area contributed by atoms with Crippen molar-refractivity contribution < 1.29 is 4.92 Å². The van der Waals surface area contributed by atoms with Crippen molar-refractivity contribution in [2.75, 3.05) is 0 Å². The molecule has 0 aromatic carbocycles. The Kier molecular flexibility index (Phi) is 3.16. The number of aromatic nitrogens is 1. The van der Waals surface area contributed by atoms with Crippen LogP contribution in [0.5, 0.6) is 0 Å². The molecule has 0 aliphatic heterocycles. The lowest BCUT2D eigenvalue weighted by atomic mass is 10.3. The first-order chi connectivity index (χ1) is 5.65. The van der Waals surface area contributed by atoms with Crippen LogP contribution in [-0.2, 0) is 5.33 Å². The highest BCUT2D eigenvalue weighted by atomic mass is 79.9. The topological polar surface area (TPSA) is 56.0 Å². The van der Waals surface area contributed by atoms with Crippen molar-refractivity contribution in [3.63, 3.8) is 0 Å². The van der Waals surface area contributed by atoms with Gasteiger partial charge >= 0.3 is 5.69 Å². The van der Waals surface area contributed by atoms with E-state index < -0.39 is 4.92 Å². The van der Waals surface area contributed by atoms with Gasteiger partial charge in [-0.1, -0.05) is 15.9 Å². The molecule has 0 amide bonds. The second-order valence-corrected chi connectivity index (χ2v) is 3.43. The van der Waals surface area contributed by atoms with Gasteiger partial charge in [0.05, 0.1) is 15.1 Å². The third-order valence-electron chi connectivity index (χ3n) is 1.22. The largest absolute Gasteiger partial charge is 0.301 e. The minimum atomic E-state index is -0.477. The lowest BCUT2D eigenvalue weighted by Gasteiger charge is -1.96. The smallest absolute Gasteiger partial charge is 0.258 e. The van der Waals surface area contributed by atoms with Crippen molar-refractivity contribution in [1.82, 2.24) is 4.98 Å². The van der Waals surface area contributed by atoms with Crippen LogP contribution in [0.3, 0.4) is 0 Å². The Labute approximate surface area is 85.4 Å². The molecule has 0 aliphatic rings. The third-order valence-corrected chi connectivity index (χ3v) is 2.43. The summed E-state index contributed by atoms with van der Waals surface area (Å²) < 4.78 is 0.456. The van der Waals surface area contributed by atoms with Crippen molar-refractivity contribution in [3.8, 4) is 0 Å². The van der Waals surface area contributed by atoms with Gasteiger partial charge in [0, 0.05) is 5.33 Å². The van der Waals surface area contributed by atoms with Gasteiger partial charge in [0.1, 0.15) is 6.20 Å². The Morgan fingerprint density at radius 3 is 2.75 bits per heavy atom. The quantitative estimate of drug-likeness (QED) is 0.479. The highest BCUT2D eigenvalue weighted by Gasteiger charge is 2.11. The normalized spacial score (nSPS) is 9.83. The maximum Gasteiger partial charge on any atom is 0.301 e. The molecular formula is C6H4Br2N2O2.